The van der Waals surface area contributed by atoms with Crippen molar-refractivity contribution in [3.05, 3.63) is 18.2 Å². The van der Waals surface area contributed by atoms with Gasteiger partial charge < -0.3 is 11.1 Å². The normalized spacial score (nSPS) is 23.4. The predicted molar refractivity (Wildman–Crippen MR) is 83.7 cm³/mol. The first-order chi connectivity index (χ1) is 9.99. The molecule has 1 saturated heterocycles. The van der Waals surface area contributed by atoms with Crippen LogP contribution in [0.1, 0.15) is 19.3 Å². The van der Waals surface area contributed by atoms with Crippen LogP contribution in [-0.4, -0.2) is 45.5 Å². The molecule has 2 fully saturated rings. The third kappa shape index (κ3) is 3.14. The fourth-order valence-electron chi connectivity index (χ4n) is 2.91. The fraction of sp³-hybridized carbons (Fsp3) is 0.571. The number of anilines is 2. The van der Waals surface area contributed by atoms with Crippen molar-refractivity contribution in [2.24, 2.45) is 0 Å². The molecule has 1 heterocycles. The summed E-state index contributed by atoms with van der Waals surface area (Å²) in [6.45, 7) is 2.20. The van der Waals surface area contributed by atoms with E-state index in [9.17, 15) is 8.42 Å². The van der Waals surface area contributed by atoms with Gasteiger partial charge in [0.15, 0.2) is 0 Å². The van der Waals surface area contributed by atoms with Crippen molar-refractivity contribution in [2.75, 3.05) is 31.2 Å². The summed E-state index contributed by atoms with van der Waals surface area (Å²) in [6, 6.07) is 6.24. The standard InChI is InChI=1S/C14H22N4O2S/c1-16-21(19,20)14-5-2-10(8-13(14)15)17-11-6-7-18(9-11)12-3-4-12/h2,5,8,11-12,16-17H,3-4,6-7,9,15H2,1H3. The average Bonchev–Trinajstić information content (AvgIpc) is 3.19. The van der Waals surface area contributed by atoms with E-state index in [0.29, 0.717) is 6.04 Å². The van der Waals surface area contributed by atoms with Crippen LogP contribution in [0.3, 0.4) is 0 Å². The molecule has 1 aliphatic heterocycles. The molecule has 21 heavy (non-hydrogen) atoms. The second-order valence-corrected chi connectivity index (χ2v) is 7.67. The van der Waals surface area contributed by atoms with E-state index < -0.39 is 10.0 Å². The Kier molecular flexibility index (Phi) is 3.81. The Balaban J connectivity index is 1.68. The lowest BCUT2D eigenvalue weighted by atomic mass is 10.2. The van der Waals surface area contributed by atoms with Gasteiger partial charge in [0.25, 0.3) is 0 Å². The van der Waals surface area contributed by atoms with Gasteiger partial charge in [0.2, 0.25) is 10.0 Å². The van der Waals surface area contributed by atoms with Gasteiger partial charge in [-0.25, -0.2) is 13.1 Å². The van der Waals surface area contributed by atoms with Crippen LogP contribution in [0.15, 0.2) is 23.1 Å². The van der Waals surface area contributed by atoms with Gasteiger partial charge in [0.1, 0.15) is 4.90 Å². The maximum Gasteiger partial charge on any atom is 0.242 e. The Labute approximate surface area is 125 Å². The van der Waals surface area contributed by atoms with E-state index in [2.05, 4.69) is 14.9 Å². The van der Waals surface area contributed by atoms with E-state index in [1.165, 1.54) is 19.9 Å². The van der Waals surface area contributed by atoms with Gasteiger partial charge in [0, 0.05) is 30.9 Å². The first-order valence-corrected chi connectivity index (χ1v) is 8.81. The number of rotatable bonds is 5. The molecule has 0 aromatic heterocycles. The lowest BCUT2D eigenvalue weighted by Crippen LogP contribution is -2.27. The number of nitrogens with two attached hydrogens (primary N) is 1. The van der Waals surface area contributed by atoms with Crippen molar-refractivity contribution < 1.29 is 8.42 Å². The van der Waals surface area contributed by atoms with Crippen LogP contribution >= 0.6 is 0 Å². The van der Waals surface area contributed by atoms with Crippen molar-refractivity contribution in [3.63, 3.8) is 0 Å². The highest BCUT2D eigenvalue weighted by Gasteiger charge is 2.34. The predicted octanol–water partition coefficient (Wildman–Crippen LogP) is 0.825. The minimum atomic E-state index is -3.50. The van der Waals surface area contributed by atoms with Crippen LogP contribution in [0, 0.1) is 0 Å². The van der Waals surface area contributed by atoms with Gasteiger partial charge in [-0.1, -0.05) is 0 Å². The fourth-order valence-corrected chi connectivity index (χ4v) is 3.74. The maximum absolute atomic E-state index is 11.8. The van der Waals surface area contributed by atoms with Crippen LogP contribution in [0.25, 0.3) is 0 Å². The van der Waals surface area contributed by atoms with Gasteiger partial charge >= 0.3 is 0 Å². The van der Waals surface area contributed by atoms with Crippen molar-refractivity contribution in [2.45, 2.75) is 36.2 Å². The zero-order valence-electron chi connectivity index (χ0n) is 12.2. The van der Waals surface area contributed by atoms with Crippen LogP contribution in [0.5, 0.6) is 0 Å². The summed E-state index contributed by atoms with van der Waals surface area (Å²) in [7, 11) is -2.11. The number of hydrogen-bond donors (Lipinski definition) is 3. The number of nitrogens with zero attached hydrogens (tertiary/aromatic N) is 1. The highest BCUT2D eigenvalue weighted by Crippen LogP contribution is 2.31. The second kappa shape index (κ2) is 5.47. The summed E-state index contributed by atoms with van der Waals surface area (Å²) in [5, 5.41) is 3.45. The van der Waals surface area contributed by atoms with E-state index >= 15 is 0 Å². The van der Waals surface area contributed by atoms with Crippen LogP contribution in [0.4, 0.5) is 11.4 Å². The van der Waals surface area contributed by atoms with E-state index in [-0.39, 0.29) is 10.6 Å². The zero-order valence-corrected chi connectivity index (χ0v) is 13.0. The average molecular weight is 310 g/mol. The first kappa shape index (κ1) is 14.6. The topological polar surface area (TPSA) is 87.5 Å². The van der Waals surface area contributed by atoms with Crippen molar-refractivity contribution in [3.8, 4) is 0 Å². The minimum absolute atomic E-state index is 0.126. The summed E-state index contributed by atoms with van der Waals surface area (Å²) >= 11 is 0. The largest absolute Gasteiger partial charge is 0.398 e. The van der Waals surface area contributed by atoms with Gasteiger partial charge in [-0.15, -0.1) is 0 Å². The molecule has 2 aliphatic rings. The highest BCUT2D eigenvalue weighted by molar-refractivity contribution is 7.89. The summed E-state index contributed by atoms with van der Waals surface area (Å²) in [5.74, 6) is 0. The van der Waals surface area contributed by atoms with Gasteiger partial charge in [-0.05, 0) is 44.5 Å². The third-order valence-corrected chi connectivity index (χ3v) is 5.71. The zero-order chi connectivity index (χ0) is 15.0. The molecular formula is C14H22N4O2S. The second-order valence-electron chi connectivity index (χ2n) is 5.82. The van der Waals surface area contributed by atoms with Gasteiger partial charge in [-0.3, -0.25) is 4.90 Å². The van der Waals surface area contributed by atoms with E-state index in [1.54, 1.807) is 18.2 Å². The first-order valence-electron chi connectivity index (χ1n) is 7.33. The van der Waals surface area contributed by atoms with E-state index in [1.807, 2.05) is 0 Å². The molecule has 0 bridgehead atoms. The van der Waals surface area contributed by atoms with Gasteiger partial charge in [0.05, 0.1) is 5.69 Å². The maximum atomic E-state index is 11.8. The van der Waals surface area contributed by atoms with E-state index in [0.717, 1.165) is 31.2 Å². The number of likely N-dealkylation sites (tertiary alicyclic amines) is 1. The number of nitrogen functional groups attached to an aromatic ring is 1. The Morgan fingerprint density at radius 1 is 1.29 bits per heavy atom. The van der Waals surface area contributed by atoms with Crippen molar-refractivity contribution in [1.82, 2.24) is 9.62 Å². The highest BCUT2D eigenvalue weighted by atomic mass is 32.2. The van der Waals surface area contributed by atoms with Crippen molar-refractivity contribution >= 4 is 21.4 Å². The smallest absolute Gasteiger partial charge is 0.242 e. The quantitative estimate of drug-likeness (QED) is 0.701. The summed E-state index contributed by atoms with van der Waals surface area (Å²) in [6.07, 6.45) is 3.78. The molecule has 1 aromatic rings. The molecule has 0 amide bonds. The summed E-state index contributed by atoms with van der Waals surface area (Å²) in [4.78, 5) is 2.66. The molecule has 1 aromatic carbocycles. The molecule has 7 heteroatoms. The molecule has 116 valence electrons. The van der Waals surface area contributed by atoms with Crippen LogP contribution in [0.2, 0.25) is 0 Å². The number of sulfonamides is 1. The number of hydrogen-bond acceptors (Lipinski definition) is 5. The number of nitrogens with one attached hydrogen (secondary N) is 2. The van der Waals surface area contributed by atoms with Crippen LogP contribution < -0.4 is 15.8 Å². The molecule has 0 radical (unpaired) electrons. The Morgan fingerprint density at radius 2 is 2.05 bits per heavy atom. The Bertz CT molecular complexity index is 628. The summed E-state index contributed by atoms with van der Waals surface area (Å²) < 4.78 is 25.8. The van der Waals surface area contributed by atoms with Gasteiger partial charge in [-0.2, -0.15) is 0 Å². The SMILES string of the molecule is CNS(=O)(=O)c1ccc(NC2CCN(C3CC3)C2)cc1N. The minimum Gasteiger partial charge on any atom is -0.398 e. The monoisotopic (exact) mass is 310 g/mol. The molecule has 1 unspecified atom stereocenters. The molecule has 1 saturated carbocycles. The third-order valence-electron chi connectivity index (χ3n) is 4.22. The molecule has 1 aliphatic carbocycles. The molecule has 1 atom stereocenters. The van der Waals surface area contributed by atoms with Crippen molar-refractivity contribution in [1.29, 1.82) is 0 Å². The van der Waals surface area contributed by atoms with Crippen LogP contribution in [-0.2, 0) is 10.0 Å². The molecule has 3 rings (SSSR count). The Morgan fingerprint density at radius 3 is 2.67 bits per heavy atom. The molecule has 0 spiro atoms. The molecule has 4 N–H and O–H groups in total. The lowest BCUT2D eigenvalue weighted by molar-refractivity contribution is 0.326. The molecule has 6 nitrogen and oxygen atoms in total. The Hall–Kier alpha value is -1.31. The van der Waals surface area contributed by atoms with E-state index in [4.69, 9.17) is 5.73 Å². The molecular weight excluding hydrogens is 288 g/mol. The lowest BCUT2D eigenvalue weighted by Gasteiger charge is -2.17. The summed E-state index contributed by atoms with van der Waals surface area (Å²) in [5.41, 5.74) is 7.02. The number of benzene rings is 1.